The van der Waals surface area contributed by atoms with Gasteiger partial charge in [0.2, 0.25) is 0 Å². The first-order chi connectivity index (χ1) is 11.4. The van der Waals surface area contributed by atoms with Gasteiger partial charge in [-0.25, -0.2) is 4.68 Å². The van der Waals surface area contributed by atoms with Gasteiger partial charge >= 0.3 is 6.18 Å². The number of methoxy groups -OCH3 is 1. The zero-order valence-corrected chi connectivity index (χ0v) is 14.5. The number of nitrogens with zero attached hydrogens (tertiary/aromatic N) is 4. The lowest BCUT2D eigenvalue weighted by molar-refractivity contribution is -0.217. The SMILES string of the molecule is COC(c1cc(C(=O)Nc2ccnn2C(C)(C)C)n(C)n1)C(F)(F)F. The summed E-state index contributed by atoms with van der Waals surface area (Å²) in [5.41, 5.74) is -0.781. The molecule has 0 aliphatic heterocycles. The molecule has 138 valence electrons. The van der Waals surface area contributed by atoms with Gasteiger partial charge in [-0.2, -0.15) is 23.4 Å². The van der Waals surface area contributed by atoms with Gasteiger partial charge in [0.25, 0.3) is 5.91 Å². The Labute approximate surface area is 142 Å². The highest BCUT2D eigenvalue weighted by Crippen LogP contribution is 2.34. The van der Waals surface area contributed by atoms with Gasteiger partial charge in [0, 0.05) is 20.2 Å². The number of rotatable bonds is 4. The fourth-order valence-corrected chi connectivity index (χ4v) is 2.37. The smallest absolute Gasteiger partial charge is 0.366 e. The van der Waals surface area contributed by atoms with Gasteiger partial charge in [0.05, 0.1) is 11.7 Å². The summed E-state index contributed by atoms with van der Waals surface area (Å²) in [5.74, 6) is -0.163. The zero-order chi connectivity index (χ0) is 19.0. The predicted octanol–water partition coefficient (Wildman–Crippen LogP) is 2.87. The van der Waals surface area contributed by atoms with Crippen molar-refractivity contribution in [2.24, 2.45) is 7.05 Å². The first-order valence-electron chi connectivity index (χ1n) is 7.44. The van der Waals surface area contributed by atoms with E-state index < -0.39 is 18.2 Å². The van der Waals surface area contributed by atoms with Gasteiger partial charge in [-0.15, -0.1) is 0 Å². The molecule has 2 heterocycles. The highest BCUT2D eigenvalue weighted by Gasteiger charge is 2.43. The maximum Gasteiger partial charge on any atom is 0.420 e. The van der Waals surface area contributed by atoms with Crippen LogP contribution in [0, 0.1) is 0 Å². The van der Waals surface area contributed by atoms with Gasteiger partial charge in [-0.3, -0.25) is 9.48 Å². The zero-order valence-electron chi connectivity index (χ0n) is 14.5. The second kappa shape index (κ2) is 6.51. The molecule has 0 saturated carbocycles. The molecule has 7 nitrogen and oxygen atoms in total. The number of carbonyl (C=O) groups is 1. The summed E-state index contributed by atoms with van der Waals surface area (Å²) in [6.45, 7) is 5.72. The molecule has 0 bridgehead atoms. The third-order valence-electron chi connectivity index (χ3n) is 3.45. The molecule has 1 atom stereocenters. The van der Waals surface area contributed by atoms with Gasteiger partial charge in [-0.1, -0.05) is 0 Å². The molecule has 0 fully saturated rings. The van der Waals surface area contributed by atoms with Crippen LogP contribution < -0.4 is 5.32 Å². The van der Waals surface area contributed by atoms with Crippen molar-refractivity contribution in [3.05, 3.63) is 29.7 Å². The van der Waals surface area contributed by atoms with Crippen molar-refractivity contribution >= 4 is 11.7 Å². The second-order valence-electron chi connectivity index (χ2n) is 6.49. The van der Waals surface area contributed by atoms with Crippen LogP contribution in [-0.4, -0.2) is 38.8 Å². The summed E-state index contributed by atoms with van der Waals surface area (Å²) >= 11 is 0. The Kier molecular flexibility index (Phi) is 4.94. The topological polar surface area (TPSA) is 74.0 Å². The lowest BCUT2D eigenvalue weighted by Crippen LogP contribution is -2.27. The van der Waals surface area contributed by atoms with Crippen LogP contribution >= 0.6 is 0 Å². The Morgan fingerprint density at radius 2 is 1.96 bits per heavy atom. The normalized spacial score (nSPS) is 13.8. The van der Waals surface area contributed by atoms with Crippen molar-refractivity contribution in [3.8, 4) is 0 Å². The molecule has 25 heavy (non-hydrogen) atoms. The Bertz CT molecular complexity index is 758. The van der Waals surface area contributed by atoms with E-state index in [1.807, 2.05) is 20.8 Å². The Hall–Kier alpha value is -2.36. The van der Waals surface area contributed by atoms with E-state index in [9.17, 15) is 18.0 Å². The maximum atomic E-state index is 13.0. The first kappa shape index (κ1) is 19.0. The lowest BCUT2D eigenvalue weighted by atomic mass is 10.1. The van der Waals surface area contributed by atoms with Crippen molar-refractivity contribution in [2.75, 3.05) is 12.4 Å². The minimum Gasteiger partial charge on any atom is -0.366 e. The average molecular weight is 359 g/mol. The minimum atomic E-state index is -4.62. The maximum absolute atomic E-state index is 13.0. The van der Waals surface area contributed by atoms with Crippen LogP contribution in [0.2, 0.25) is 0 Å². The molecule has 0 aromatic carbocycles. The molecule has 2 rings (SSSR count). The third kappa shape index (κ3) is 4.01. The summed E-state index contributed by atoms with van der Waals surface area (Å²) < 4.78 is 46.0. The van der Waals surface area contributed by atoms with Crippen LogP contribution in [0.15, 0.2) is 18.3 Å². The van der Waals surface area contributed by atoms with Gasteiger partial charge < -0.3 is 10.1 Å². The average Bonchev–Trinajstić information content (AvgIpc) is 3.04. The standard InChI is InChI=1S/C15H20F3N5O2/c1-14(2,3)23-11(6-7-19-23)20-13(24)10-8-9(21-22(10)4)12(25-5)15(16,17)18/h6-8,12H,1-5H3,(H,20,24). The predicted molar refractivity (Wildman–Crippen MR) is 84.2 cm³/mol. The first-order valence-corrected chi connectivity index (χ1v) is 7.44. The third-order valence-corrected chi connectivity index (χ3v) is 3.45. The van der Waals surface area contributed by atoms with E-state index in [0.29, 0.717) is 5.82 Å². The largest absolute Gasteiger partial charge is 0.420 e. The van der Waals surface area contributed by atoms with Gasteiger partial charge in [0.1, 0.15) is 17.2 Å². The number of aryl methyl sites for hydroxylation is 1. The molecule has 1 amide bonds. The molecule has 0 spiro atoms. The number of anilines is 1. The number of aromatic nitrogens is 4. The molecule has 2 aromatic heterocycles. The summed E-state index contributed by atoms with van der Waals surface area (Å²) in [5, 5.41) is 10.5. The molecule has 10 heteroatoms. The van der Waals surface area contributed by atoms with Crippen LogP contribution in [0.25, 0.3) is 0 Å². The van der Waals surface area contributed by atoms with E-state index in [4.69, 9.17) is 0 Å². The fraction of sp³-hybridized carbons (Fsp3) is 0.533. The van der Waals surface area contributed by atoms with Crippen molar-refractivity contribution in [3.63, 3.8) is 0 Å². The van der Waals surface area contributed by atoms with Crippen molar-refractivity contribution in [1.82, 2.24) is 19.6 Å². The molecule has 1 unspecified atom stereocenters. The summed E-state index contributed by atoms with van der Waals surface area (Å²) in [6, 6.07) is 2.67. The molecule has 0 radical (unpaired) electrons. The van der Waals surface area contributed by atoms with Crippen LogP contribution in [0.1, 0.15) is 43.1 Å². The van der Waals surface area contributed by atoms with Crippen molar-refractivity contribution in [2.45, 2.75) is 38.6 Å². The molecule has 0 aliphatic rings. The highest BCUT2D eigenvalue weighted by molar-refractivity contribution is 6.02. The molecule has 0 aliphatic carbocycles. The van der Waals surface area contributed by atoms with E-state index >= 15 is 0 Å². The van der Waals surface area contributed by atoms with Gasteiger partial charge in [0.15, 0.2) is 6.10 Å². The Morgan fingerprint density at radius 1 is 1.32 bits per heavy atom. The Balaban J connectivity index is 2.29. The summed E-state index contributed by atoms with van der Waals surface area (Å²) in [6.07, 6.45) is -5.29. The van der Waals surface area contributed by atoms with Crippen LogP contribution in [0.3, 0.4) is 0 Å². The number of hydrogen-bond acceptors (Lipinski definition) is 4. The van der Waals surface area contributed by atoms with Crippen LogP contribution in [0.4, 0.5) is 19.0 Å². The monoisotopic (exact) mass is 359 g/mol. The number of halogens is 3. The van der Waals surface area contributed by atoms with Crippen molar-refractivity contribution in [1.29, 1.82) is 0 Å². The highest BCUT2D eigenvalue weighted by atomic mass is 19.4. The number of nitrogens with one attached hydrogen (secondary N) is 1. The van der Waals surface area contributed by atoms with E-state index in [1.165, 1.54) is 13.2 Å². The number of carbonyl (C=O) groups excluding carboxylic acids is 1. The summed E-state index contributed by atoms with van der Waals surface area (Å²) in [4.78, 5) is 12.5. The van der Waals surface area contributed by atoms with Crippen LogP contribution in [0.5, 0.6) is 0 Å². The van der Waals surface area contributed by atoms with Crippen LogP contribution in [-0.2, 0) is 17.3 Å². The molecule has 2 aromatic rings. The van der Waals surface area contributed by atoms with Gasteiger partial charge in [-0.05, 0) is 26.8 Å². The number of amides is 1. The second-order valence-corrected chi connectivity index (χ2v) is 6.49. The number of ether oxygens (including phenoxy) is 1. The molecule has 1 N–H and O–H groups in total. The number of alkyl halides is 3. The molecular weight excluding hydrogens is 339 g/mol. The lowest BCUT2D eigenvalue weighted by Gasteiger charge is -2.22. The Morgan fingerprint density at radius 3 is 2.48 bits per heavy atom. The minimum absolute atomic E-state index is 0.0250. The van der Waals surface area contributed by atoms with E-state index in [0.717, 1.165) is 17.9 Å². The van der Waals surface area contributed by atoms with E-state index in [2.05, 4.69) is 20.3 Å². The molecular formula is C15H20F3N5O2. The number of hydrogen-bond donors (Lipinski definition) is 1. The quantitative estimate of drug-likeness (QED) is 0.911. The van der Waals surface area contributed by atoms with E-state index in [-0.39, 0.29) is 16.9 Å². The van der Waals surface area contributed by atoms with E-state index in [1.54, 1.807) is 10.7 Å². The molecule has 0 saturated heterocycles. The summed E-state index contributed by atoms with van der Waals surface area (Å²) in [7, 11) is 2.33. The fourth-order valence-electron chi connectivity index (χ4n) is 2.37. The van der Waals surface area contributed by atoms with Crippen molar-refractivity contribution < 1.29 is 22.7 Å².